The van der Waals surface area contributed by atoms with Crippen LogP contribution in [0.1, 0.15) is 18.9 Å². The van der Waals surface area contributed by atoms with Gasteiger partial charge < -0.3 is 10.5 Å². The molecule has 1 unspecified atom stereocenters. The summed E-state index contributed by atoms with van der Waals surface area (Å²) in [6.07, 6.45) is 3.64. The summed E-state index contributed by atoms with van der Waals surface area (Å²) < 4.78 is 6.68. The first-order valence-corrected chi connectivity index (χ1v) is 7.10. The number of nitrogens with two attached hydrogens (primary N) is 1. The van der Waals surface area contributed by atoms with E-state index < -0.39 is 0 Å². The Morgan fingerprint density at radius 1 is 1.21 bits per heavy atom. The molecule has 0 aliphatic rings. The predicted octanol–water partition coefficient (Wildman–Crippen LogP) is 3.92. The highest BCUT2D eigenvalue weighted by atomic mass is 79.9. The molecule has 2 aromatic rings. The van der Waals surface area contributed by atoms with E-state index in [0.717, 1.165) is 28.6 Å². The van der Waals surface area contributed by atoms with Gasteiger partial charge in [-0.3, -0.25) is 0 Å². The van der Waals surface area contributed by atoms with Crippen LogP contribution in [0.3, 0.4) is 0 Å². The molecular formula is C15H17BrN2O. The van der Waals surface area contributed by atoms with Crippen molar-refractivity contribution in [3.8, 4) is 11.6 Å². The lowest BCUT2D eigenvalue weighted by Gasteiger charge is -2.09. The van der Waals surface area contributed by atoms with E-state index in [9.17, 15) is 0 Å². The van der Waals surface area contributed by atoms with Crippen molar-refractivity contribution >= 4 is 15.9 Å². The van der Waals surface area contributed by atoms with Gasteiger partial charge >= 0.3 is 0 Å². The second-order valence-corrected chi connectivity index (χ2v) is 5.35. The Balaban J connectivity index is 2.00. The zero-order valence-electron chi connectivity index (χ0n) is 10.8. The molecule has 3 nitrogen and oxygen atoms in total. The molecule has 0 saturated carbocycles. The summed E-state index contributed by atoms with van der Waals surface area (Å²) in [7, 11) is 0. The number of nitrogens with zero attached hydrogens (tertiary/aromatic N) is 1. The van der Waals surface area contributed by atoms with Crippen molar-refractivity contribution in [2.24, 2.45) is 5.73 Å². The number of hydrogen-bond donors (Lipinski definition) is 1. The van der Waals surface area contributed by atoms with E-state index in [1.54, 1.807) is 0 Å². The van der Waals surface area contributed by atoms with Crippen LogP contribution in [-0.2, 0) is 6.42 Å². The Morgan fingerprint density at radius 2 is 1.95 bits per heavy atom. The number of rotatable bonds is 5. The first kappa shape index (κ1) is 14.0. The Kier molecular flexibility index (Phi) is 4.93. The minimum absolute atomic E-state index is 0.194. The Morgan fingerprint density at radius 3 is 2.53 bits per heavy atom. The summed E-state index contributed by atoms with van der Waals surface area (Å²) in [6.45, 7) is 2.09. The molecule has 100 valence electrons. The second-order valence-electron chi connectivity index (χ2n) is 4.43. The van der Waals surface area contributed by atoms with Crippen molar-refractivity contribution in [3.05, 3.63) is 52.6 Å². The molecular weight excluding hydrogens is 304 g/mol. The Labute approximate surface area is 121 Å². The van der Waals surface area contributed by atoms with E-state index in [1.807, 2.05) is 42.6 Å². The summed E-state index contributed by atoms with van der Waals surface area (Å²) in [4.78, 5) is 4.29. The molecule has 0 aliphatic carbocycles. The highest BCUT2D eigenvalue weighted by Crippen LogP contribution is 2.21. The van der Waals surface area contributed by atoms with Crippen LogP contribution in [0.15, 0.2) is 47.1 Å². The normalized spacial score (nSPS) is 12.2. The topological polar surface area (TPSA) is 48.1 Å². The molecule has 1 aromatic carbocycles. The van der Waals surface area contributed by atoms with Crippen LogP contribution in [0.4, 0.5) is 0 Å². The standard InChI is InChI=1S/C15H17BrN2O/c1-2-13(17)9-11-3-8-15(18-10-11)19-14-6-4-12(16)5-7-14/h3-8,10,13H,2,9,17H2,1H3. The monoisotopic (exact) mass is 320 g/mol. The molecule has 1 heterocycles. The van der Waals surface area contributed by atoms with Crippen molar-refractivity contribution in [2.75, 3.05) is 0 Å². The summed E-state index contributed by atoms with van der Waals surface area (Å²) in [6, 6.07) is 11.7. The summed E-state index contributed by atoms with van der Waals surface area (Å²) in [5, 5.41) is 0. The molecule has 2 rings (SSSR count). The van der Waals surface area contributed by atoms with Gasteiger partial charge in [-0.15, -0.1) is 0 Å². The quantitative estimate of drug-likeness (QED) is 0.908. The number of benzene rings is 1. The van der Waals surface area contributed by atoms with Crippen molar-refractivity contribution in [1.82, 2.24) is 4.98 Å². The predicted molar refractivity (Wildman–Crippen MR) is 80.4 cm³/mol. The van der Waals surface area contributed by atoms with E-state index in [0.29, 0.717) is 5.88 Å². The zero-order chi connectivity index (χ0) is 13.7. The average Bonchev–Trinajstić information content (AvgIpc) is 2.43. The van der Waals surface area contributed by atoms with Crippen molar-refractivity contribution < 1.29 is 4.74 Å². The van der Waals surface area contributed by atoms with Crippen LogP contribution >= 0.6 is 15.9 Å². The molecule has 1 atom stereocenters. The molecule has 0 spiro atoms. The van der Waals surface area contributed by atoms with Crippen molar-refractivity contribution in [1.29, 1.82) is 0 Å². The highest BCUT2D eigenvalue weighted by Gasteiger charge is 2.03. The number of ether oxygens (including phenoxy) is 1. The maximum absolute atomic E-state index is 5.92. The molecule has 0 fully saturated rings. The van der Waals surface area contributed by atoms with Gasteiger partial charge in [-0.1, -0.05) is 28.9 Å². The van der Waals surface area contributed by atoms with Crippen LogP contribution in [0, 0.1) is 0 Å². The third-order valence-corrected chi connectivity index (χ3v) is 3.38. The van der Waals surface area contributed by atoms with Gasteiger partial charge in [0.05, 0.1) is 0 Å². The largest absolute Gasteiger partial charge is 0.439 e. The molecule has 2 N–H and O–H groups in total. The number of aromatic nitrogens is 1. The molecule has 19 heavy (non-hydrogen) atoms. The van der Waals surface area contributed by atoms with Gasteiger partial charge in [0.25, 0.3) is 0 Å². The van der Waals surface area contributed by atoms with Crippen LogP contribution in [0.5, 0.6) is 11.6 Å². The summed E-state index contributed by atoms with van der Waals surface area (Å²) >= 11 is 3.39. The first-order valence-electron chi connectivity index (χ1n) is 6.31. The van der Waals surface area contributed by atoms with Gasteiger partial charge in [-0.2, -0.15) is 0 Å². The molecule has 0 bridgehead atoms. The van der Waals surface area contributed by atoms with Gasteiger partial charge in [-0.05, 0) is 42.7 Å². The lowest BCUT2D eigenvalue weighted by molar-refractivity contribution is 0.462. The SMILES string of the molecule is CCC(N)Cc1ccc(Oc2ccc(Br)cc2)nc1. The Hall–Kier alpha value is -1.39. The van der Waals surface area contributed by atoms with E-state index in [4.69, 9.17) is 10.5 Å². The van der Waals surface area contributed by atoms with E-state index in [2.05, 4.69) is 27.8 Å². The number of hydrogen-bond acceptors (Lipinski definition) is 3. The zero-order valence-corrected chi connectivity index (χ0v) is 12.4. The van der Waals surface area contributed by atoms with E-state index >= 15 is 0 Å². The third-order valence-electron chi connectivity index (χ3n) is 2.86. The molecule has 0 radical (unpaired) electrons. The lowest BCUT2D eigenvalue weighted by Crippen LogP contribution is -2.21. The van der Waals surface area contributed by atoms with Crippen LogP contribution in [0.2, 0.25) is 0 Å². The summed E-state index contributed by atoms with van der Waals surface area (Å²) in [5.74, 6) is 1.37. The lowest BCUT2D eigenvalue weighted by atomic mass is 10.1. The van der Waals surface area contributed by atoms with Gasteiger partial charge in [0.1, 0.15) is 5.75 Å². The highest BCUT2D eigenvalue weighted by molar-refractivity contribution is 9.10. The van der Waals surface area contributed by atoms with E-state index in [1.165, 1.54) is 0 Å². The molecule has 0 aliphatic heterocycles. The van der Waals surface area contributed by atoms with Gasteiger partial charge in [-0.25, -0.2) is 4.98 Å². The smallest absolute Gasteiger partial charge is 0.219 e. The van der Waals surface area contributed by atoms with Crippen LogP contribution < -0.4 is 10.5 Å². The van der Waals surface area contributed by atoms with E-state index in [-0.39, 0.29) is 6.04 Å². The van der Waals surface area contributed by atoms with Crippen molar-refractivity contribution in [3.63, 3.8) is 0 Å². The summed E-state index contributed by atoms with van der Waals surface area (Å²) in [5.41, 5.74) is 7.05. The van der Waals surface area contributed by atoms with Crippen LogP contribution in [0.25, 0.3) is 0 Å². The fraction of sp³-hybridized carbons (Fsp3) is 0.267. The molecule has 1 aromatic heterocycles. The molecule has 4 heteroatoms. The minimum atomic E-state index is 0.194. The number of pyridine rings is 1. The molecule has 0 saturated heterocycles. The first-order chi connectivity index (χ1) is 9.17. The van der Waals surface area contributed by atoms with Crippen molar-refractivity contribution in [2.45, 2.75) is 25.8 Å². The molecule has 0 amide bonds. The minimum Gasteiger partial charge on any atom is -0.439 e. The third kappa shape index (κ3) is 4.33. The average molecular weight is 321 g/mol. The Bertz CT molecular complexity index is 511. The number of halogens is 1. The fourth-order valence-electron chi connectivity index (χ4n) is 1.66. The van der Waals surface area contributed by atoms with Gasteiger partial charge in [0.15, 0.2) is 0 Å². The fourth-order valence-corrected chi connectivity index (χ4v) is 1.93. The van der Waals surface area contributed by atoms with Crippen LogP contribution in [-0.4, -0.2) is 11.0 Å². The van der Waals surface area contributed by atoms with Gasteiger partial charge in [0, 0.05) is 22.8 Å². The second kappa shape index (κ2) is 6.68. The maximum atomic E-state index is 5.92. The maximum Gasteiger partial charge on any atom is 0.219 e. The van der Waals surface area contributed by atoms with Gasteiger partial charge in [0.2, 0.25) is 5.88 Å².